The molecule has 0 amide bonds. The zero-order valence-electron chi connectivity index (χ0n) is 15.0. The number of ether oxygens (including phenoxy) is 1. The summed E-state index contributed by atoms with van der Waals surface area (Å²) in [6.45, 7) is 6.12. The van der Waals surface area contributed by atoms with Gasteiger partial charge in [0, 0.05) is 32.7 Å². The lowest BCUT2D eigenvalue weighted by Crippen LogP contribution is -2.49. The number of nitriles is 1. The van der Waals surface area contributed by atoms with Gasteiger partial charge >= 0.3 is 0 Å². The summed E-state index contributed by atoms with van der Waals surface area (Å²) in [5, 5.41) is 19.4. The van der Waals surface area contributed by atoms with Crippen LogP contribution in [0.1, 0.15) is 11.3 Å². The monoisotopic (exact) mass is 352 g/mol. The number of rotatable bonds is 6. The number of β-amino-alcohol motifs (C(OH)–C–C–N with tert-alkyl or cyclic N) is 1. The summed E-state index contributed by atoms with van der Waals surface area (Å²) in [7, 11) is 0. The third-order valence-corrected chi connectivity index (χ3v) is 4.54. The fourth-order valence-corrected chi connectivity index (χ4v) is 3.03. The van der Waals surface area contributed by atoms with Crippen LogP contribution in [0.25, 0.3) is 0 Å². The number of anilines is 1. The molecule has 1 aliphatic rings. The van der Waals surface area contributed by atoms with Gasteiger partial charge in [-0.15, -0.1) is 0 Å². The number of aromatic nitrogens is 1. The highest BCUT2D eigenvalue weighted by Crippen LogP contribution is 2.16. The van der Waals surface area contributed by atoms with Crippen molar-refractivity contribution in [2.75, 3.05) is 44.2 Å². The summed E-state index contributed by atoms with van der Waals surface area (Å²) < 4.78 is 5.61. The van der Waals surface area contributed by atoms with Gasteiger partial charge in [0.1, 0.15) is 36.0 Å². The van der Waals surface area contributed by atoms with Crippen LogP contribution in [0.5, 0.6) is 5.75 Å². The summed E-state index contributed by atoms with van der Waals surface area (Å²) in [6.07, 6.45) is -0.524. The lowest BCUT2D eigenvalue weighted by molar-refractivity contribution is 0.0662. The number of para-hydroxylation sites is 1. The van der Waals surface area contributed by atoms with Crippen LogP contribution in [0.15, 0.2) is 42.5 Å². The molecular weight excluding hydrogens is 328 g/mol. The van der Waals surface area contributed by atoms with E-state index >= 15 is 0 Å². The average Bonchev–Trinajstić information content (AvgIpc) is 2.68. The SMILES string of the molecule is Cc1ccc(N2CCN(CC(O)COc3ccccc3)CC2)nc1C#N. The van der Waals surface area contributed by atoms with Crippen LogP contribution in [0.3, 0.4) is 0 Å². The standard InChI is InChI=1S/C20H24N4O2/c1-16-7-8-20(22-19(16)13-21)24-11-9-23(10-12-24)14-17(25)15-26-18-5-3-2-4-6-18/h2-8,17,25H,9-12,14-15H2,1H3. The minimum Gasteiger partial charge on any atom is -0.491 e. The van der Waals surface area contributed by atoms with Crippen LogP contribution in [0.2, 0.25) is 0 Å². The topological polar surface area (TPSA) is 72.6 Å². The Labute approximate surface area is 154 Å². The van der Waals surface area contributed by atoms with E-state index in [9.17, 15) is 5.11 Å². The van der Waals surface area contributed by atoms with E-state index in [1.165, 1.54) is 0 Å². The minimum atomic E-state index is -0.524. The van der Waals surface area contributed by atoms with E-state index in [1.54, 1.807) is 0 Å². The van der Waals surface area contributed by atoms with E-state index in [-0.39, 0.29) is 6.61 Å². The van der Waals surface area contributed by atoms with Crippen LogP contribution in [-0.2, 0) is 0 Å². The number of piperazine rings is 1. The highest BCUT2D eigenvalue weighted by atomic mass is 16.5. The highest BCUT2D eigenvalue weighted by molar-refractivity contribution is 5.45. The molecule has 26 heavy (non-hydrogen) atoms. The smallest absolute Gasteiger partial charge is 0.145 e. The molecule has 2 heterocycles. The zero-order chi connectivity index (χ0) is 18.4. The van der Waals surface area contributed by atoms with Crippen LogP contribution < -0.4 is 9.64 Å². The number of aliphatic hydroxyl groups excluding tert-OH is 1. The first-order chi connectivity index (χ1) is 12.7. The molecule has 6 nitrogen and oxygen atoms in total. The predicted octanol–water partition coefficient (Wildman–Crippen LogP) is 1.82. The number of aryl methyl sites for hydroxylation is 1. The second-order valence-corrected chi connectivity index (χ2v) is 6.51. The van der Waals surface area contributed by atoms with Gasteiger partial charge in [0.2, 0.25) is 0 Å². The Kier molecular flexibility index (Phi) is 6.05. The summed E-state index contributed by atoms with van der Waals surface area (Å²) >= 11 is 0. The van der Waals surface area contributed by atoms with Crippen molar-refractivity contribution >= 4 is 5.82 Å². The second-order valence-electron chi connectivity index (χ2n) is 6.51. The molecule has 1 atom stereocenters. The van der Waals surface area contributed by atoms with Crippen LogP contribution in [0.4, 0.5) is 5.82 Å². The zero-order valence-corrected chi connectivity index (χ0v) is 15.0. The van der Waals surface area contributed by atoms with Crippen LogP contribution >= 0.6 is 0 Å². The van der Waals surface area contributed by atoms with Crippen molar-refractivity contribution in [3.05, 3.63) is 53.7 Å². The van der Waals surface area contributed by atoms with Crippen LogP contribution in [-0.4, -0.2) is 60.4 Å². The van der Waals surface area contributed by atoms with Gasteiger partial charge in [-0.05, 0) is 30.7 Å². The Morgan fingerprint density at radius 1 is 1.15 bits per heavy atom. The largest absolute Gasteiger partial charge is 0.491 e. The maximum absolute atomic E-state index is 10.2. The fourth-order valence-electron chi connectivity index (χ4n) is 3.03. The number of benzene rings is 1. The molecule has 0 radical (unpaired) electrons. The molecule has 2 aromatic rings. The Balaban J connectivity index is 1.45. The molecule has 1 fully saturated rings. The van der Waals surface area contributed by atoms with E-state index in [0.717, 1.165) is 43.3 Å². The van der Waals surface area contributed by atoms with Gasteiger partial charge in [0.05, 0.1) is 0 Å². The first-order valence-corrected chi connectivity index (χ1v) is 8.86. The van der Waals surface area contributed by atoms with Crippen molar-refractivity contribution in [3.63, 3.8) is 0 Å². The molecule has 136 valence electrons. The van der Waals surface area contributed by atoms with E-state index in [2.05, 4.69) is 20.9 Å². The molecule has 0 aliphatic carbocycles. The minimum absolute atomic E-state index is 0.287. The fraction of sp³-hybridized carbons (Fsp3) is 0.400. The molecule has 6 heteroatoms. The average molecular weight is 352 g/mol. The van der Waals surface area contributed by atoms with Crippen molar-refractivity contribution in [2.24, 2.45) is 0 Å². The molecule has 1 unspecified atom stereocenters. The van der Waals surface area contributed by atoms with E-state index in [1.807, 2.05) is 49.4 Å². The lowest BCUT2D eigenvalue weighted by atomic mass is 10.2. The van der Waals surface area contributed by atoms with E-state index in [4.69, 9.17) is 10.00 Å². The summed E-state index contributed by atoms with van der Waals surface area (Å²) in [5.74, 6) is 1.62. The number of pyridine rings is 1. The quantitative estimate of drug-likeness (QED) is 0.855. The first-order valence-electron chi connectivity index (χ1n) is 8.86. The molecule has 1 aromatic heterocycles. The summed E-state index contributed by atoms with van der Waals surface area (Å²) in [6, 6.07) is 15.6. The summed E-state index contributed by atoms with van der Waals surface area (Å²) in [4.78, 5) is 8.86. The van der Waals surface area contributed by atoms with Crippen molar-refractivity contribution in [1.29, 1.82) is 5.26 Å². The van der Waals surface area contributed by atoms with E-state index in [0.29, 0.717) is 12.2 Å². The lowest BCUT2D eigenvalue weighted by Gasteiger charge is -2.36. The summed E-state index contributed by atoms with van der Waals surface area (Å²) in [5.41, 5.74) is 1.38. The van der Waals surface area contributed by atoms with Gasteiger partial charge in [0.25, 0.3) is 0 Å². The second kappa shape index (κ2) is 8.65. The maximum Gasteiger partial charge on any atom is 0.145 e. The molecular formula is C20H24N4O2. The van der Waals surface area contributed by atoms with Crippen molar-refractivity contribution in [1.82, 2.24) is 9.88 Å². The van der Waals surface area contributed by atoms with Gasteiger partial charge in [-0.3, -0.25) is 4.90 Å². The van der Waals surface area contributed by atoms with Gasteiger partial charge in [-0.2, -0.15) is 5.26 Å². The molecule has 0 spiro atoms. The first kappa shape index (κ1) is 18.2. The number of aliphatic hydroxyl groups is 1. The highest BCUT2D eigenvalue weighted by Gasteiger charge is 2.20. The Morgan fingerprint density at radius 3 is 2.58 bits per heavy atom. The van der Waals surface area contributed by atoms with Gasteiger partial charge in [-0.1, -0.05) is 24.3 Å². The number of hydrogen-bond donors (Lipinski definition) is 1. The Morgan fingerprint density at radius 2 is 1.88 bits per heavy atom. The molecule has 3 rings (SSSR count). The van der Waals surface area contributed by atoms with E-state index < -0.39 is 6.10 Å². The third-order valence-electron chi connectivity index (χ3n) is 4.54. The van der Waals surface area contributed by atoms with Crippen molar-refractivity contribution < 1.29 is 9.84 Å². The molecule has 0 bridgehead atoms. The number of nitrogens with zero attached hydrogens (tertiary/aromatic N) is 4. The van der Waals surface area contributed by atoms with Crippen molar-refractivity contribution in [2.45, 2.75) is 13.0 Å². The Bertz CT molecular complexity index is 752. The normalized spacial score (nSPS) is 16.1. The third kappa shape index (κ3) is 4.72. The number of hydrogen-bond acceptors (Lipinski definition) is 6. The molecule has 1 N–H and O–H groups in total. The van der Waals surface area contributed by atoms with Gasteiger partial charge in [-0.25, -0.2) is 4.98 Å². The predicted molar refractivity (Wildman–Crippen MR) is 100 cm³/mol. The Hall–Kier alpha value is -2.62. The molecule has 0 saturated carbocycles. The van der Waals surface area contributed by atoms with Gasteiger partial charge < -0.3 is 14.7 Å². The molecule has 1 saturated heterocycles. The van der Waals surface area contributed by atoms with Crippen LogP contribution in [0, 0.1) is 18.3 Å². The van der Waals surface area contributed by atoms with Crippen molar-refractivity contribution in [3.8, 4) is 11.8 Å². The molecule has 1 aromatic carbocycles. The molecule has 1 aliphatic heterocycles. The maximum atomic E-state index is 10.2. The van der Waals surface area contributed by atoms with Gasteiger partial charge in [0.15, 0.2) is 0 Å².